The lowest BCUT2D eigenvalue weighted by Gasteiger charge is -2.06. The zero-order valence-corrected chi connectivity index (χ0v) is 9.02. The lowest BCUT2D eigenvalue weighted by Crippen LogP contribution is -2.20. The molecule has 2 heterocycles. The molecule has 0 aliphatic carbocycles. The molecule has 0 aliphatic heterocycles. The highest BCUT2D eigenvalue weighted by atomic mass is 16.5. The Bertz CT molecular complexity index is 386. The third kappa shape index (κ3) is 3.40. The van der Waals surface area contributed by atoms with Gasteiger partial charge in [0.2, 0.25) is 0 Å². The molecule has 0 saturated carbocycles. The molecule has 0 fully saturated rings. The molecule has 16 heavy (non-hydrogen) atoms. The Hall–Kier alpha value is -1.81. The van der Waals surface area contributed by atoms with E-state index in [9.17, 15) is 0 Å². The molecule has 0 aromatic carbocycles. The summed E-state index contributed by atoms with van der Waals surface area (Å²) >= 11 is 0. The first-order valence-corrected chi connectivity index (χ1v) is 5.30. The van der Waals surface area contributed by atoms with Crippen molar-refractivity contribution in [2.45, 2.75) is 6.54 Å². The number of ether oxygens (including phenoxy) is 1. The number of rotatable bonds is 6. The Morgan fingerprint density at radius 3 is 3.12 bits per heavy atom. The molecular weight excluding hydrogens is 202 g/mol. The molecular formula is C12H15N3O. The number of H-pyrrole nitrogens is 1. The standard InChI is InChI=1S/C12H15N3O/c1-2-12(10-13-4-1)16-7-6-15-9-11-3-5-14-8-11/h1-5,8,10,14-15H,6-7,9H2. The van der Waals surface area contributed by atoms with Crippen molar-refractivity contribution in [3.05, 3.63) is 48.5 Å². The summed E-state index contributed by atoms with van der Waals surface area (Å²) < 4.78 is 5.49. The van der Waals surface area contributed by atoms with Gasteiger partial charge >= 0.3 is 0 Å². The van der Waals surface area contributed by atoms with Crippen LogP contribution in [-0.2, 0) is 6.54 Å². The minimum absolute atomic E-state index is 0.649. The summed E-state index contributed by atoms with van der Waals surface area (Å²) in [5.41, 5.74) is 1.25. The average Bonchev–Trinajstić information content (AvgIpc) is 2.83. The van der Waals surface area contributed by atoms with Gasteiger partial charge in [-0.25, -0.2) is 0 Å². The van der Waals surface area contributed by atoms with Gasteiger partial charge in [0.25, 0.3) is 0 Å². The van der Waals surface area contributed by atoms with Crippen LogP contribution in [0.4, 0.5) is 0 Å². The molecule has 0 spiro atoms. The molecule has 0 amide bonds. The first-order chi connectivity index (χ1) is 7.95. The molecule has 0 unspecified atom stereocenters. The van der Waals surface area contributed by atoms with E-state index in [2.05, 4.69) is 21.4 Å². The zero-order chi connectivity index (χ0) is 11.1. The fourth-order valence-electron chi connectivity index (χ4n) is 1.37. The van der Waals surface area contributed by atoms with Gasteiger partial charge in [-0.15, -0.1) is 0 Å². The van der Waals surface area contributed by atoms with E-state index in [-0.39, 0.29) is 0 Å². The van der Waals surface area contributed by atoms with Crippen LogP contribution in [0.3, 0.4) is 0 Å². The second-order valence-electron chi connectivity index (χ2n) is 3.43. The van der Waals surface area contributed by atoms with E-state index in [1.54, 1.807) is 12.4 Å². The second kappa shape index (κ2) is 5.92. The van der Waals surface area contributed by atoms with Gasteiger partial charge in [0, 0.05) is 31.7 Å². The van der Waals surface area contributed by atoms with Crippen LogP contribution < -0.4 is 10.1 Å². The number of aromatic nitrogens is 2. The molecule has 2 rings (SSSR count). The van der Waals surface area contributed by atoms with Gasteiger partial charge in [-0.3, -0.25) is 4.98 Å². The zero-order valence-electron chi connectivity index (χ0n) is 9.02. The van der Waals surface area contributed by atoms with Crippen molar-refractivity contribution in [1.82, 2.24) is 15.3 Å². The van der Waals surface area contributed by atoms with Crippen LogP contribution in [0.1, 0.15) is 5.56 Å². The highest BCUT2D eigenvalue weighted by Crippen LogP contribution is 2.05. The minimum atomic E-state index is 0.649. The van der Waals surface area contributed by atoms with E-state index in [1.165, 1.54) is 5.56 Å². The number of hydrogen-bond acceptors (Lipinski definition) is 3. The Kier molecular flexibility index (Phi) is 3.96. The van der Waals surface area contributed by atoms with Crippen molar-refractivity contribution in [2.75, 3.05) is 13.2 Å². The number of nitrogens with one attached hydrogen (secondary N) is 2. The van der Waals surface area contributed by atoms with E-state index in [0.717, 1.165) is 18.8 Å². The number of pyridine rings is 1. The highest BCUT2D eigenvalue weighted by Gasteiger charge is 1.93. The van der Waals surface area contributed by atoms with Crippen LogP contribution in [0.25, 0.3) is 0 Å². The summed E-state index contributed by atoms with van der Waals surface area (Å²) in [6.45, 7) is 2.33. The van der Waals surface area contributed by atoms with Crippen LogP contribution in [0.15, 0.2) is 43.0 Å². The SMILES string of the molecule is c1cncc(OCCNCc2cc[nH]c2)c1. The maximum absolute atomic E-state index is 5.49. The molecule has 0 saturated heterocycles. The van der Waals surface area contributed by atoms with Crippen LogP contribution in [0.5, 0.6) is 5.75 Å². The topological polar surface area (TPSA) is 49.9 Å². The first-order valence-electron chi connectivity index (χ1n) is 5.30. The molecule has 0 atom stereocenters. The van der Waals surface area contributed by atoms with E-state index in [4.69, 9.17) is 4.74 Å². The van der Waals surface area contributed by atoms with Gasteiger partial charge in [-0.05, 0) is 23.8 Å². The van der Waals surface area contributed by atoms with E-state index in [1.807, 2.05) is 24.5 Å². The van der Waals surface area contributed by atoms with E-state index in [0.29, 0.717) is 6.61 Å². The van der Waals surface area contributed by atoms with Gasteiger partial charge in [0.15, 0.2) is 0 Å². The van der Waals surface area contributed by atoms with Gasteiger partial charge in [-0.1, -0.05) is 0 Å². The smallest absolute Gasteiger partial charge is 0.137 e. The van der Waals surface area contributed by atoms with Gasteiger partial charge in [0.1, 0.15) is 12.4 Å². The van der Waals surface area contributed by atoms with Gasteiger partial charge in [-0.2, -0.15) is 0 Å². The van der Waals surface area contributed by atoms with Crippen molar-refractivity contribution in [3.8, 4) is 5.75 Å². The van der Waals surface area contributed by atoms with Crippen LogP contribution in [0, 0.1) is 0 Å². The molecule has 2 N–H and O–H groups in total. The maximum Gasteiger partial charge on any atom is 0.137 e. The number of aromatic amines is 1. The summed E-state index contributed by atoms with van der Waals surface area (Å²) in [7, 11) is 0. The Labute approximate surface area is 94.7 Å². The van der Waals surface area contributed by atoms with Crippen molar-refractivity contribution in [3.63, 3.8) is 0 Å². The molecule has 0 aliphatic rings. The Morgan fingerprint density at radius 2 is 2.38 bits per heavy atom. The van der Waals surface area contributed by atoms with Crippen LogP contribution in [-0.4, -0.2) is 23.1 Å². The summed E-state index contributed by atoms with van der Waals surface area (Å²) in [6, 6.07) is 5.82. The number of hydrogen-bond donors (Lipinski definition) is 2. The van der Waals surface area contributed by atoms with E-state index < -0.39 is 0 Å². The Morgan fingerprint density at radius 1 is 1.38 bits per heavy atom. The molecule has 4 heteroatoms. The fraction of sp³-hybridized carbons (Fsp3) is 0.250. The minimum Gasteiger partial charge on any atom is -0.491 e. The summed E-state index contributed by atoms with van der Waals surface area (Å²) in [5.74, 6) is 0.811. The lowest BCUT2D eigenvalue weighted by molar-refractivity contribution is 0.312. The third-order valence-electron chi connectivity index (χ3n) is 2.17. The van der Waals surface area contributed by atoms with Crippen molar-refractivity contribution >= 4 is 0 Å². The van der Waals surface area contributed by atoms with Crippen LogP contribution >= 0.6 is 0 Å². The summed E-state index contributed by atoms with van der Waals surface area (Å²) in [4.78, 5) is 6.99. The first kappa shape index (κ1) is 10.7. The molecule has 84 valence electrons. The normalized spacial score (nSPS) is 10.2. The molecule has 0 radical (unpaired) electrons. The van der Waals surface area contributed by atoms with Crippen molar-refractivity contribution in [1.29, 1.82) is 0 Å². The van der Waals surface area contributed by atoms with Crippen molar-refractivity contribution in [2.24, 2.45) is 0 Å². The van der Waals surface area contributed by atoms with Crippen molar-refractivity contribution < 1.29 is 4.74 Å². The predicted molar refractivity (Wildman–Crippen MR) is 62.2 cm³/mol. The molecule has 2 aromatic rings. The predicted octanol–water partition coefficient (Wildman–Crippen LogP) is 1.58. The maximum atomic E-state index is 5.49. The third-order valence-corrected chi connectivity index (χ3v) is 2.17. The monoisotopic (exact) mass is 217 g/mol. The highest BCUT2D eigenvalue weighted by molar-refractivity contribution is 5.15. The molecule has 4 nitrogen and oxygen atoms in total. The second-order valence-corrected chi connectivity index (χ2v) is 3.43. The van der Waals surface area contributed by atoms with Gasteiger partial charge in [0.05, 0.1) is 6.20 Å². The number of nitrogens with zero attached hydrogens (tertiary/aromatic N) is 1. The van der Waals surface area contributed by atoms with Crippen LogP contribution in [0.2, 0.25) is 0 Å². The molecule has 0 bridgehead atoms. The van der Waals surface area contributed by atoms with Gasteiger partial charge < -0.3 is 15.0 Å². The fourth-order valence-corrected chi connectivity index (χ4v) is 1.37. The summed E-state index contributed by atoms with van der Waals surface area (Å²) in [6.07, 6.45) is 7.35. The van der Waals surface area contributed by atoms with E-state index >= 15 is 0 Å². The average molecular weight is 217 g/mol. The summed E-state index contributed by atoms with van der Waals surface area (Å²) in [5, 5.41) is 3.29. The Balaban J connectivity index is 1.59. The largest absolute Gasteiger partial charge is 0.491 e. The molecule has 2 aromatic heterocycles. The lowest BCUT2D eigenvalue weighted by atomic mass is 10.3. The quantitative estimate of drug-likeness (QED) is 0.722.